The molecule has 0 aromatic heterocycles. The first-order valence-corrected chi connectivity index (χ1v) is 8.42. The number of benzene rings is 1. The van der Waals surface area contributed by atoms with Gasteiger partial charge in [0.25, 0.3) is 5.91 Å². The van der Waals surface area contributed by atoms with Crippen LogP contribution in [-0.4, -0.2) is 27.0 Å². The fourth-order valence-corrected chi connectivity index (χ4v) is 2.71. The fraction of sp³-hybridized carbons (Fsp3) is 0.500. The molecule has 0 bridgehead atoms. The summed E-state index contributed by atoms with van der Waals surface area (Å²) >= 11 is 0. The van der Waals surface area contributed by atoms with Gasteiger partial charge < -0.3 is 10.1 Å². The SMILES string of the molecule is CC(C)CCNC(=O)C1Cc2cc(S(N)(=O)=O)ccc2O1. The van der Waals surface area contributed by atoms with Gasteiger partial charge in [-0.25, -0.2) is 13.6 Å². The Balaban J connectivity index is 2.01. The lowest BCUT2D eigenvalue weighted by Crippen LogP contribution is -2.38. The highest BCUT2D eigenvalue weighted by Gasteiger charge is 2.29. The van der Waals surface area contributed by atoms with E-state index in [1.807, 2.05) is 0 Å². The molecule has 116 valence electrons. The molecule has 3 N–H and O–H groups in total. The van der Waals surface area contributed by atoms with E-state index in [1.54, 1.807) is 0 Å². The molecule has 1 aliphatic rings. The molecular formula is C14H20N2O4S. The highest BCUT2D eigenvalue weighted by atomic mass is 32.2. The number of nitrogens with one attached hydrogen (secondary N) is 1. The maximum absolute atomic E-state index is 12.0. The molecule has 1 aromatic carbocycles. The molecule has 1 atom stereocenters. The van der Waals surface area contributed by atoms with E-state index in [0.29, 0.717) is 30.2 Å². The van der Waals surface area contributed by atoms with Crippen molar-refractivity contribution in [2.75, 3.05) is 6.54 Å². The summed E-state index contributed by atoms with van der Waals surface area (Å²) in [7, 11) is -3.74. The van der Waals surface area contributed by atoms with Crippen LogP contribution >= 0.6 is 0 Å². The lowest BCUT2D eigenvalue weighted by atomic mass is 10.1. The Hall–Kier alpha value is -1.60. The van der Waals surface area contributed by atoms with E-state index in [0.717, 1.165) is 6.42 Å². The number of amides is 1. The number of nitrogens with two attached hydrogens (primary N) is 1. The second-order valence-corrected chi connectivity index (χ2v) is 7.16. The van der Waals surface area contributed by atoms with Crippen LogP contribution < -0.4 is 15.2 Å². The number of carbonyl (C=O) groups excluding carboxylic acids is 1. The van der Waals surface area contributed by atoms with Crippen molar-refractivity contribution in [1.82, 2.24) is 5.32 Å². The number of ether oxygens (including phenoxy) is 1. The van der Waals surface area contributed by atoms with Crippen molar-refractivity contribution in [1.29, 1.82) is 0 Å². The molecule has 0 aliphatic carbocycles. The van der Waals surface area contributed by atoms with Crippen molar-refractivity contribution >= 4 is 15.9 Å². The van der Waals surface area contributed by atoms with Crippen LogP contribution in [0.3, 0.4) is 0 Å². The highest BCUT2D eigenvalue weighted by molar-refractivity contribution is 7.89. The third-order valence-corrected chi connectivity index (χ3v) is 4.26. The predicted octanol–water partition coefficient (Wildman–Crippen LogP) is 0.800. The summed E-state index contributed by atoms with van der Waals surface area (Å²) in [5, 5.41) is 7.92. The Morgan fingerprint density at radius 1 is 1.48 bits per heavy atom. The van der Waals surface area contributed by atoms with Crippen LogP contribution in [0.2, 0.25) is 0 Å². The maximum Gasteiger partial charge on any atom is 0.261 e. The van der Waals surface area contributed by atoms with Crippen LogP contribution in [0.1, 0.15) is 25.8 Å². The van der Waals surface area contributed by atoms with Crippen molar-refractivity contribution in [3.63, 3.8) is 0 Å². The maximum atomic E-state index is 12.0. The van der Waals surface area contributed by atoms with Gasteiger partial charge in [0.1, 0.15) is 5.75 Å². The molecule has 1 aromatic rings. The number of carbonyl (C=O) groups is 1. The first kappa shape index (κ1) is 15.8. The summed E-state index contributed by atoms with van der Waals surface area (Å²) in [6.07, 6.45) is 0.649. The van der Waals surface area contributed by atoms with Crippen molar-refractivity contribution in [3.05, 3.63) is 23.8 Å². The van der Waals surface area contributed by atoms with Gasteiger partial charge in [-0.1, -0.05) is 13.8 Å². The number of primary sulfonamides is 1. The Kier molecular flexibility index (Phi) is 4.53. The number of hydrogen-bond donors (Lipinski definition) is 2. The van der Waals surface area contributed by atoms with Gasteiger partial charge in [-0.05, 0) is 36.1 Å². The first-order valence-electron chi connectivity index (χ1n) is 6.87. The number of sulfonamides is 1. The molecule has 7 heteroatoms. The van der Waals surface area contributed by atoms with Crippen LogP contribution in [0.5, 0.6) is 5.75 Å². The lowest BCUT2D eigenvalue weighted by molar-refractivity contribution is -0.127. The number of rotatable bonds is 5. The van der Waals surface area contributed by atoms with E-state index in [2.05, 4.69) is 19.2 Å². The van der Waals surface area contributed by atoms with Gasteiger partial charge in [0.2, 0.25) is 10.0 Å². The first-order chi connectivity index (χ1) is 9.77. The van der Waals surface area contributed by atoms with Crippen molar-refractivity contribution in [2.24, 2.45) is 11.1 Å². The molecule has 21 heavy (non-hydrogen) atoms. The van der Waals surface area contributed by atoms with E-state index >= 15 is 0 Å². The van der Waals surface area contributed by atoms with E-state index < -0.39 is 16.1 Å². The van der Waals surface area contributed by atoms with Crippen LogP contribution in [0.25, 0.3) is 0 Å². The number of hydrogen-bond acceptors (Lipinski definition) is 4. The molecule has 0 spiro atoms. The molecule has 0 radical (unpaired) electrons. The normalized spacial score (nSPS) is 17.4. The van der Waals surface area contributed by atoms with Crippen molar-refractivity contribution in [2.45, 2.75) is 37.7 Å². The summed E-state index contributed by atoms with van der Waals surface area (Å²) < 4.78 is 28.2. The molecule has 1 aliphatic heterocycles. The second-order valence-electron chi connectivity index (χ2n) is 5.60. The zero-order chi connectivity index (χ0) is 15.6. The van der Waals surface area contributed by atoms with Crippen molar-refractivity contribution in [3.8, 4) is 5.75 Å². The van der Waals surface area contributed by atoms with E-state index in [4.69, 9.17) is 9.88 Å². The Morgan fingerprint density at radius 3 is 2.81 bits per heavy atom. The topological polar surface area (TPSA) is 98.5 Å². The molecule has 1 unspecified atom stereocenters. The van der Waals surface area contributed by atoms with E-state index in [9.17, 15) is 13.2 Å². The second kappa shape index (κ2) is 6.03. The van der Waals surface area contributed by atoms with Gasteiger partial charge in [0, 0.05) is 13.0 Å². The number of fused-ring (bicyclic) bond motifs is 1. The Bertz CT molecular complexity index is 640. The molecule has 6 nitrogen and oxygen atoms in total. The molecule has 2 rings (SSSR count). The zero-order valence-electron chi connectivity index (χ0n) is 12.1. The Labute approximate surface area is 124 Å². The molecule has 1 amide bonds. The summed E-state index contributed by atoms with van der Waals surface area (Å²) in [4.78, 5) is 12.0. The standard InChI is InChI=1S/C14H20N2O4S/c1-9(2)5-6-16-14(17)13-8-10-7-11(21(15,18)19)3-4-12(10)20-13/h3-4,7,9,13H,5-6,8H2,1-2H3,(H,16,17)(H2,15,18,19). The Morgan fingerprint density at radius 2 is 2.19 bits per heavy atom. The minimum Gasteiger partial charge on any atom is -0.480 e. The predicted molar refractivity (Wildman–Crippen MR) is 78.4 cm³/mol. The fourth-order valence-electron chi connectivity index (χ4n) is 2.15. The minimum absolute atomic E-state index is 0.0331. The van der Waals surface area contributed by atoms with E-state index in [1.165, 1.54) is 18.2 Å². The quantitative estimate of drug-likeness (QED) is 0.840. The third kappa shape index (κ3) is 3.95. The molecule has 0 saturated carbocycles. The average molecular weight is 312 g/mol. The van der Waals surface area contributed by atoms with Gasteiger partial charge in [-0.15, -0.1) is 0 Å². The smallest absolute Gasteiger partial charge is 0.261 e. The minimum atomic E-state index is -3.74. The van der Waals surface area contributed by atoms with Crippen LogP contribution in [0.15, 0.2) is 23.1 Å². The van der Waals surface area contributed by atoms with Gasteiger partial charge in [-0.3, -0.25) is 4.79 Å². The zero-order valence-corrected chi connectivity index (χ0v) is 12.9. The van der Waals surface area contributed by atoms with Gasteiger partial charge in [-0.2, -0.15) is 0 Å². The molecule has 0 fully saturated rings. The van der Waals surface area contributed by atoms with E-state index in [-0.39, 0.29) is 10.8 Å². The molecular weight excluding hydrogens is 292 g/mol. The summed E-state index contributed by atoms with van der Waals surface area (Å²) in [6, 6.07) is 4.38. The van der Waals surface area contributed by atoms with Crippen molar-refractivity contribution < 1.29 is 17.9 Å². The highest BCUT2D eigenvalue weighted by Crippen LogP contribution is 2.30. The summed E-state index contributed by atoms with van der Waals surface area (Å²) in [5.74, 6) is 0.875. The van der Waals surface area contributed by atoms with Crippen LogP contribution in [0, 0.1) is 5.92 Å². The third-order valence-electron chi connectivity index (χ3n) is 3.35. The lowest BCUT2D eigenvalue weighted by Gasteiger charge is -2.12. The van der Waals surface area contributed by atoms with Gasteiger partial charge >= 0.3 is 0 Å². The summed E-state index contributed by atoms with van der Waals surface area (Å²) in [6.45, 7) is 4.78. The average Bonchev–Trinajstić information content (AvgIpc) is 2.79. The van der Waals surface area contributed by atoms with Crippen LogP contribution in [0.4, 0.5) is 0 Å². The van der Waals surface area contributed by atoms with Gasteiger partial charge in [0.15, 0.2) is 6.10 Å². The summed E-state index contributed by atoms with van der Waals surface area (Å²) in [5.41, 5.74) is 0.686. The van der Waals surface area contributed by atoms with Crippen LogP contribution in [-0.2, 0) is 21.2 Å². The molecule has 1 heterocycles. The van der Waals surface area contributed by atoms with Gasteiger partial charge in [0.05, 0.1) is 4.90 Å². The molecule has 0 saturated heterocycles. The monoisotopic (exact) mass is 312 g/mol. The largest absolute Gasteiger partial charge is 0.480 e.